The standard InChI is InChI=1S/C9H7BrFN5OS/c10-5-3-14-9(18-5)15-8(17)4-1-2-13-7(16-12)6(4)11/h1-3H,12H2,(H,13,16)(H,14,15,17). The van der Waals surface area contributed by atoms with Gasteiger partial charge < -0.3 is 5.43 Å². The Bertz CT molecular complexity index is 590. The Labute approximate surface area is 114 Å². The fraction of sp³-hybridized carbons (Fsp3) is 0. The Balaban J connectivity index is 2.24. The molecule has 2 aromatic rings. The third kappa shape index (κ3) is 2.63. The van der Waals surface area contributed by atoms with Gasteiger partial charge in [-0.1, -0.05) is 11.3 Å². The van der Waals surface area contributed by atoms with Gasteiger partial charge in [0.15, 0.2) is 16.8 Å². The van der Waals surface area contributed by atoms with Crippen molar-refractivity contribution in [3.63, 3.8) is 0 Å². The van der Waals surface area contributed by atoms with Gasteiger partial charge in [-0.25, -0.2) is 20.2 Å². The summed E-state index contributed by atoms with van der Waals surface area (Å²) < 4.78 is 14.5. The molecule has 0 saturated carbocycles. The molecule has 0 bridgehead atoms. The van der Waals surface area contributed by atoms with Crippen molar-refractivity contribution in [2.45, 2.75) is 0 Å². The molecule has 6 nitrogen and oxygen atoms in total. The van der Waals surface area contributed by atoms with Crippen molar-refractivity contribution in [2.24, 2.45) is 5.84 Å². The quantitative estimate of drug-likeness (QED) is 0.590. The van der Waals surface area contributed by atoms with Gasteiger partial charge in [0, 0.05) is 6.20 Å². The van der Waals surface area contributed by atoms with Crippen molar-refractivity contribution in [3.8, 4) is 0 Å². The average molecular weight is 332 g/mol. The molecule has 0 aliphatic carbocycles. The van der Waals surface area contributed by atoms with Crippen LogP contribution in [0.4, 0.5) is 15.3 Å². The lowest BCUT2D eigenvalue weighted by atomic mass is 10.2. The van der Waals surface area contributed by atoms with Gasteiger partial charge >= 0.3 is 0 Å². The average Bonchev–Trinajstić information content (AvgIpc) is 2.75. The number of thiazole rings is 1. The van der Waals surface area contributed by atoms with Crippen LogP contribution in [0, 0.1) is 5.82 Å². The van der Waals surface area contributed by atoms with E-state index in [1.807, 2.05) is 0 Å². The van der Waals surface area contributed by atoms with Gasteiger partial charge in [-0.05, 0) is 22.0 Å². The molecule has 2 heterocycles. The van der Waals surface area contributed by atoms with E-state index >= 15 is 0 Å². The first-order chi connectivity index (χ1) is 8.61. The number of anilines is 2. The maximum Gasteiger partial charge on any atom is 0.260 e. The zero-order valence-electron chi connectivity index (χ0n) is 8.78. The Hall–Kier alpha value is -1.58. The molecule has 9 heteroatoms. The van der Waals surface area contributed by atoms with Gasteiger partial charge in [-0.2, -0.15) is 0 Å². The van der Waals surface area contributed by atoms with Gasteiger partial charge in [0.05, 0.1) is 15.5 Å². The van der Waals surface area contributed by atoms with Crippen LogP contribution in [0.15, 0.2) is 22.2 Å². The lowest BCUT2D eigenvalue weighted by Gasteiger charge is -2.05. The van der Waals surface area contributed by atoms with Gasteiger partial charge in [0.2, 0.25) is 0 Å². The van der Waals surface area contributed by atoms with Crippen LogP contribution >= 0.6 is 27.3 Å². The van der Waals surface area contributed by atoms with Crippen LogP contribution in [0.2, 0.25) is 0 Å². The van der Waals surface area contributed by atoms with Crippen LogP contribution in [-0.4, -0.2) is 15.9 Å². The third-order valence-corrected chi connectivity index (χ3v) is 3.36. The summed E-state index contributed by atoms with van der Waals surface area (Å²) in [5.74, 6) is 3.45. The van der Waals surface area contributed by atoms with Crippen LogP contribution in [0.25, 0.3) is 0 Å². The van der Waals surface area contributed by atoms with Crippen molar-refractivity contribution in [1.82, 2.24) is 9.97 Å². The number of nitrogens with two attached hydrogens (primary N) is 1. The van der Waals surface area contributed by atoms with Crippen LogP contribution in [-0.2, 0) is 0 Å². The van der Waals surface area contributed by atoms with Gasteiger partial charge in [0.25, 0.3) is 5.91 Å². The number of carbonyl (C=O) groups excluding carboxylic acids is 1. The summed E-state index contributed by atoms with van der Waals surface area (Å²) in [4.78, 5) is 19.4. The van der Waals surface area contributed by atoms with Crippen LogP contribution in [0.1, 0.15) is 10.4 Å². The molecule has 4 N–H and O–H groups in total. The number of hydrogen-bond donors (Lipinski definition) is 3. The summed E-state index contributed by atoms with van der Waals surface area (Å²) in [7, 11) is 0. The Morgan fingerprint density at radius 2 is 2.28 bits per heavy atom. The van der Waals surface area contributed by atoms with Crippen LogP contribution < -0.4 is 16.6 Å². The van der Waals surface area contributed by atoms with E-state index in [1.54, 1.807) is 0 Å². The van der Waals surface area contributed by atoms with E-state index in [0.29, 0.717) is 5.13 Å². The number of hydrogen-bond acceptors (Lipinski definition) is 6. The van der Waals surface area contributed by atoms with Gasteiger partial charge in [-0.15, -0.1) is 0 Å². The number of hydrazine groups is 1. The lowest BCUT2D eigenvalue weighted by molar-refractivity contribution is 0.102. The number of nitrogens with zero attached hydrogens (tertiary/aromatic N) is 2. The zero-order chi connectivity index (χ0) is 13.1. The summed E-state index contributed by atoms with van der Waals surface area (Å²) in [5, 5.41) is 2.84. The molecule has 0 unspecified atom stereocenters. The second kappa shape index (κ2) is 5.38. The normalized spacial score (nSPS) is 10.2. The maximum atomic E-state index is 13.7. The Kier molecular flexibility index (Phi) is 3.84. The summed E-state index contributed by atoms with van der Waals surface area (Å²) >= 11 is 4.43. The minimum Gasteiger partial charge on any atom is -0.306 e. The first kappa shape index (κ1) is 12.9. The van der Waals surface area contributed by atoms with E-state index in [9.17, 15) is 9.18 Å². The molecule has 2 rings (SSSR count). The number of amides is 1. The number of rotatable bonds is 3. The van der Waals surface area contributed by atoms with Crippen molar-refractivity contribution < 1.29 is 9.18 Å². The molecule has 0 fully saturated rings. The molecule has 94 valence electrons. The highest BCUT2D eigenvalue weighted by atomic mass is 79.9. The molecule has 0 aromatic carbocycles. The molecule has 2 aromatic heterocycles. The monoisotopic (exact) mass is 331 g/mol. The van der Waals surface area contributed by atoms with Crippen molar-refractivity contribution in [1.29, 1.82) is 0 Å². The van der Waals surface area contributed by atoms with Gasteiger partial charge in [-0.3, -0.25) is 10.1 Å². The molecule has 0 radical (unpaired) electrons. The predicted molar refractivity (Wildman–Crippen MR) is 69.8 cm³/mol. The molecular weight excluding hydrogens is 325 g/mol. The van der Waals surface area contributed by atoms with Crippen molar-refractivity contribution in [2.75, 3.05) is 10.7 Å². The topological polar surface area (TPSA) is 92.9 Å². The van der Waals surface area contributed by atoms with E-state index in [0.717, 1.165) is 3.79 Å². The fourth-order valence-electron chi connectivity index (χ4n) is 1.20. The second-order valence-corrected chi connectivity index (χ2v) is 5.50. The fourth-order valence-corrected chi connectivity index (χ4v) is 2.30. The summed E-state index contributed by atoms with van der Waals surface area (Å²) in [6, 6.07) is 1.26. The number of carbonyl (C=O) groups is 1. The van der Waals surface area contributed by atoms with E-state index in [2.05, 4.69) is 36.6 Å². The SMILES string of the molecule is NNc1nccc(C(=O)Nc2ncc(Br)s2)c1F. The molecular formula is C9H7BrFN5OS. The van der Waals surface area contributed by atoms with E-state index in [1.165, 1.54) is 29.8 Å². The number of nitrogens with one attached hydrogen (secondary N) is 2. The smallest absolute Gasteiger partial charge is 0.260 e. The third-order valence-electron chi connectivity index (χ3n) is 1.97. The maximum absolute atomic E-state index is 13.7. The highest BCUT2D eigenvalue weighted by Crippen LogP contribution is 2.24. The molecule has 18 heavy (non-hydrogen) atoms. The van der Waals surface area contributed by atoms with Crippen LogP contribution in [0.5, 0.6) is 0 Å². The largest absolute Gasteiger partial charge is 0.306 e. The van der Waals surface area contributed by atoms with Crippen molar-refractivity contribution in [3.05, 3.63) is 33.6 Å². The number of pyridine rings is 1. The van der Waals surface area contributed by atoms with E-state index in [4.69, 9.17) is 5.84 Å². The summed E-state index contributed by atoms with van der Waals surface area (Å²) in [6.07, 6.45) is 2.82. The molecule has 0 spiro atoms. The summed E-state index contributed by atoms with van der Waals surface area (Å²) in [5.41, 5.74) is 1.91. The van der Waals surface area contributed by atoms with E-state index in [-0.39, 0.29) is 11.4 Å². The molecule has 0 aliphatic heterocycles. The molecule has 0 aliphatic rings. The predicted octanol–water partition coefficient (Wildman–Crippen LogP) is 1.98. The number of aromatic nitrogens is 2. The number of nitrogen functional groups attached to an aromatic ring is 1. The minimum atomic E-state index is -0.812. The van der Waals surface area contributed by atoms with Crippen LogP contribution in [0.3, 0.4) is 0 Å². The summed E-state index contributed by atoms with van der Waals surface area (Å²) in [6.45, 7) is 0. The highest BCUT2D eigenvalue weighted by molar-refractivity contribution is 9.11. The first-order valence-corrected chi connectivity index (χ1v) is 6.26. The zero-order valence-corrected chi connectivity index (χ0v) is 11.2. The van der Waals surface area contributed by atoms with Gasteiger partial charge in [0.1, 0.15) is 0 Å². The molecule has 0 saturated heterocycles. The first-order valence-electron chi connectivity index (χ1n) is 4.65. The highest BCUT2D eigenvalue weighted by Gasteiger charge is 2.16. The van der Waals surface area contributed by atoms with Crippen molar-refractivity contribution >= 4 is 44.1 Å². The number of halogens is 2. The Morgan fingerprint density at radius 1 is 1.50 bits per heavy atom. The van der Waals surface area contributed by atoms with E-state index < -0.39 is 11.7 Å². The Morgan fingerprint density at radius 3 is 2.89 bits per heavy atom. The lowest BCUT2D eigenvalue weighted by Crippen LogP contribution is -2.17. The minimum absolute atomic E-state index is 0.163. The molecule has 0 atom stereocenters. The molecule has 1 amide bonds. The second-order valence-electron chi connectivity index (χ2n) is 3.09.